The first-order valence-corrected chi connectivity index (χ1v) is 7.16. The molecule has 0 radical (unpaired) electrons. The Labute approximate surface area is 104 Å². The minimum atomic E-state index is 0.775. The van der Waals surface area contributed by atoms with Gasteiger partial charge in [0.05, 0.1) is 10.7 Å². The number of aryl methyl sites for hydroxylation is 1. The van der Waals surface area contributed by atoms with E-state index < -0.39 is 0 Å². The number of hydrogen-bond acceptors (Lipinski definition) is 3. The smallest absolute Gasteiger partial charge is 0.0897 e. The van der Waals surface area contributed by atoms with Gasteiger partial charge in [-0.25, -0.2) is 4.98 Å². The lowest BCUT2D eigenvalue weighted by molar-refractivity contribution is 0.207. The lowest BCUT2D eigenvalue weighted by Gasteiger charge is -2.34. The Balaban J connectivity index is 1.75. The molecule has 15 heavy (non-hydrogen) atoms. The molecule has 2 rings (SSSR count). The number of halogens is 1. The molecule has 0 aromatic carbocycles. The van der Waals surface area contributed by atoms with Crippen molar-refractivity contribution >= 4 is 27.3 Å². The van der Waals surface area contributed by atoms with Crippen molar-refractivity contribution in [1.29, 1.82) is 0 Å². The van der Waals surface area contributed by atoms with Crippen LogP contribution in [0.3, 0.4) is 0 Å². The summed E-state index contributed by atoms with van der Waals surface area (Å²) >= 11 is 5.37. The SMILES string of the molecule is Cc1nc(CN(C)CC2CC(Br)C2)cs1. The lowest BCUT2D eigenvalue weighted by atomic mass is 9.85. The molecule has 1 aromatic rings. The first-order chi connectivity index (χ1) is 7.13. The largest absolute Gasteiger partial charge is 0.300 e. The van der Waals surface area contributed by atoms with Gasteiger partial charge in [0.2, 0.25) is 0 Å². The van der Waals surface area contributed by atoms with Crippen LogP contribution in [0, 0.1) is 12.8 Å². The van der Waals surface area contributed by atoms with Crippen LogP contribution in [0.4, 0.5) is 0 Å². The minimum Gasteiger partial charge on any atom is -0.300 e. The maximum Gasteiger partial charge on any atom is 0.0897 e. The van der Waals surface area contributed by atoms with Crippen LogP contribution in [0.5, 0.6) is 0 Å². The number of aromatic nitrogens is 1. The Morgan fingerprint density at radius 3 is 2.87 bits per heavy atom. The van der Waals surface area contributed by atoms with Crippen LogP contribution in [0.1, 0.15) is 23.5 Å². The quantitative estimate of drug-likeness (QED) is 0.792. The average molecular weight is 289 g/mol. The van der Waals surface area contributed by atoms with E-state index in [9.17, 15) is 0 Å². The van der Waals surface area contributed by atoms with Gasteiger partial charge in [0.1, 0.15) is 0 Å². The fourth-order valence-electron chi connectivity index (χ4n) is 2.07. The van der Waals surface area contributed by atoms with E-state index in [0.29, 0.717) is 0 Å². The van der Waals surface area contributed by atoms with Crippen LogP contribution in [-0.4, -0.2) is 28.3 Å². The van der Waals surface area contributed by atoms with Gasteiger partial charge in [-0.2, -0.15) is 0 Å². The van der Waals surface area contributed by atoms with Gasteiger partial charge in [0.15, 0.2) is 0 Å². The maximum atomic E-state index is 4.48. The number of hydrogen-bond donors (Lipinski definition) is 0. The van der Waals surface area contributed by atoms with Crippen LogP contribution in [0.25, 0.3) is 0 Å². The number of alkyl halides is 1. The highest BCUT2D eigenvalue weighted by molar-refractivity contribution is 9.09. The third-order valence-electron chi connectivity index (χ3n) is 2.85. The van der Waals surface area contributed by atoms with E-state index in [0.717, 1.165) is 17.3 Å². The summed E-state index contributed by atoms with van der Waals surface area (Å²) in [6.07, 6.45) is 2.67. The van der Waals surface area contributed by atoms with Crippen molar-refractivity contribution < 1.29 is 0 Å². The monoisotopic (exact) mass is 288 g/mol. The summed E-state index contributed by atoms with van der Waals surface area (Å²) < 4.78 is 0. The van der Waals surface area contributed by atoms with Gasteiger partial charge in [0.25, 0.3) is 0 Å². The Kier molecular flexibility index (Phi) is 3.80. The van der Waals surface area contributed by atoms with E-state index in [4.69, 9.17) is 0 Å². The Bertz CT molecular complexity index is 320. The standard InChI is InChI=1S/C11H17BrN2S/c1-8-13-11(7-15-8)6-14(2)5-9-3-10(12)4-9/h7,9-10H,3-6H2,1-2H3. The maximum absolute atomic E-state index is 4.48. The minimum absolute atomic E-state index is 0.775. The van der Waals surface area contributed by atoms with Crippen molar-refractivity contribution in [2.75, 3.05) is 13.6 Å². The van der Waals surface area contributed by atoms with Crippen LogP contribution in [0.15, 0.2) is 5.38 Å². The zero-order valence-corrected chi connectivity index (χ0v) is 11.6. The lowest BCUT2D eigenvalue weighted by Crippen LogP contribution is -2.34. The van der Waals surface area contributed by atoms with Crippen molar-refractivity contribution in [2.24, 2.45) is 5.92 Å². The molecule has 0 saturated heterocycles. The first-order valence-electron chi connectivity index (χ1n) is 5.37. The van der Waals surface area contributed by atoms with Crippen molar-refractivity contribution in [3.8, 4) is 0 Å². The van der Waals surface area contributed by atoms with Gasteiger partial charge < -0.3 is 4.90 Å². The summed E-state index contributed by atoms with van der Waals surface area (Å²) in [7, 11) is 2.19. The molecule has 0 N–H and O–H groups in total. The van der Waals surface area contributed by atoms with Crippen LogP contribution < -0.4 is 0 Å². The van der Waals surface area contributed by atoms with Crippen LogP contribution in [0.2, 0.25) is 0 Å². The van der Waals surface area contributed by atoms with E-state index in [1.807, 2.05) is 0 Å². The van der Waals surface area contributed by atoms with Gasteiger partial charge in [-0.1, -0.05) is 15.9 Å². The normalized spacial score (nSPS) is 25.6. The molecule has 1 heterocycles. The second-order valence-electron chi connectivity index (χ2n) is 4.49. The summed E-state index contributed by atoms with van der Waals surface area (Å²) in [5.74, 6) is 0.888. The molecule has 1 aromatic heterocycles. The summed E-state index contributed by atoms with van der Waals surface area (Å²) in [5, 5.41) is 3.34. The van der Waals surface area contributed by atoms with E-state index in [2.05, 4.69) is 45.2 Å². The molecule has 1 fully saturated rings. The van der Waals surface area contributed by atoms with E-state index in [1.54, 1.807) is 11.3 Å². The number of nitrogens with zero attached hydrogens (tertiary/aromatic N) is 2. The molecule has 0 spiro atoms. The van der Waals surface area contributed by atoms with Gasteiger partial charge in [0, 0.05) is 23.3 Å². The molecular formula is C11H17BrN2S. The second-order valence-corrected chi connectivity index (χ2v) is 6.85. The Morgan fingerprint density at radius 1 is 1.60 bits per heavy atom. The highest BCUT2D eigenvalue weighted by Gasteiger charge is 2.27. The molecule has 2 nitrogen and oxygen atoms in total. The van der Waals surface area contributed by atoms with Gasteiger partial charge in [-0.05, 0) is 32.7 Å². The molecule has 0 aliphatic heterocycles. The van der Waals surface area contributed by atoms with Crippen molar-refractivity contribution in [3.63, 3.8) is 0 Å². The molecule has 0 bridgehead atoms. The van der Waals surface area contributed by atoms with E-state index in [-0.39, 0.29) is 0 Å². The third-order valence-corrected chi connectivity index (χ3v) is 4.42. The van der Waals surface area contributed by atoms with Gasteiger partial charge in [-0.3, -0.25) is 0 Å². The van der Waals surface area contributed by atoms with Crippen molar-refractivity contribution in [1.82, 2.24) is 9.88 Å². The molecule has 84 valence electrons. The molecule has 0 unspecified atom stereocenters. The molecular weight excluding hydrogens is 272 g/mol. The topological polar surface area (TPSA) is 16.1 Å². The fourth-order valence-corrected chi connectivity index (χ4v) is 3.73. The predicted octanol–water partition coefficient (Wildman–Crippen LogP) is 3.06. The average Bonchev–Trinajstić information content (AvgIpc) is 2.48. The van der Waals surface area contributed by atoms with Crippen LogP contribution in [-0.2, 0) is 6.54 Å². The summed E-state index contributed by atoms with van der Waals surface area (Å²) in [6, 6.07) is 0. The van der Waals surface area contributed by atoms with Crippen molar-refractivity contribution in [3.05, 3.63) is 16.1 Å². The first kappa shape index (κ1) is 11.6. The summed E-state index contributed by atoms with van der Waals surface area (Å²) in [6.45, 7) is 4.27. The zero-order valence-electron chi connectivity index (χ0n) is 9.24. The van der Waals surface area contributed by atoms with E-state index in [1.165, 1.54) is 30.1 Å². The number of rotatable bonds is 4. The zero-order chi connectivity index (χ0) is 10.8. The second kappa shape index (κ2) is 4.93. The number of thiazole rings is 1. The molecule has 1 aliphatic rings. The predicted molar refractivity (Wildman–Crippen MR) is 68.6 cm³/mol. The molecule has 0 atom stereocenters. The molecule has 1 aliphatic carbocycles. The van der Waals surface area contributed by atoms with Crippen LogP contribution >= 0.6 is 27.3 Å². The van der Waals surface area contributed by atoms with Gasteiger partial charge >= 0.3 is 0 Å². The molecule has 1 saturated carbocycles. The Morgan fingerprint density at radius 2 is 2.33 bits per heavy atom. The van der Waals surface area contributed by atoms with Gasteiger partial charge in [-0.15, -0.1) is 11.3 Å². The third kappa shape index (κ3) is 3.26. The van der Waals surface area contributed by atoms with E-state index >= 15 is 0 Å². The Hall–Kier alpha value is 0.0700. The summed E-state index contributed by atoms with van der Waals surface area (Å²) in [4.78, 5) is 7.65. The van der Waals surface area contributed by atoms with Crippen molar-refractivity contribution in [2.45, 2.75) is 31.1 Å². The fraction of sp³-hybridized carbons (Fsp3) is 0.727. The molecule has 0 amide bonds. The summed E-state index contributed by atoms with van der Waals surface area (Å²) in [5.41, 5.74) is 1.22. The highest BCUT2D eigenvalue weighted by Crippen LogP contribution is 2.33. The molecule has 4 heteroatoms. The highest BCUT2D eigenvalue weighted by atomic mass is 79.9.